The van der Waals surface area contributed by atoms with E-state index >= 15 is 0 Å². The van der Waals surface area contributed by atoms with Gasteiger partial charge in [0.2, 0.25) is 0 Å². The molecule has 4 heteroatoms. The lowest BCUT2D eigenvalue weighted by Gasteiger charge is -2.16. The van der Waals surface area contributed by atoms with Crippen LogP contribution in [0.4, 0.5) is 0 Å². The van der Waals surface area contributed by atoms with Gasteiger partial charge in [-0.15, -0.1) is 0 Å². The van der Waals surface area contributed by atoms with Gasteiger partial charge in [0.05, 0.1) is 16.6 Å². The van der Waals surface area contributed by atoms with Gasteiger partial charge in [0.1, 0.15) is 0 Å². The Morgan fingerprint density at radius 3 is 1.67 bits per heavy atom. The van der Waals surface area contributed by atoms with Gasteiger partial charge >= 0.3 is 0 Å². The molecule has 0 amide bonds. The largest absolute Gasteiger partial charge is 0.308 e. The number of nitrogens with zero attached hydrogens (tertiary/aromatic N) is 4. The van der Waals surface area contributed by atoms with Crippen molar-refractivity contribution >= 4 is 59.6 Å². The maximum atomic E-state index is 5.35. The zero-order valence-electron chi connectivity index (χ0n) is 27.5. The molecule has 0 bridgehead atoms. The van der Waals surface area contributed by atoms with E-state index in [0.29, 0.717) is 17.5 Å². The molecule has 0 N–H and O–H groups in total. The molecule has 0 saturated heterocycles. The number of benzene rings is 8. The topological polar surface area (TPSA) is 43.1 Å². The highest BCUT2D eigenvalue weighted by Gasteiger charge is 2.25. The Hall–Kier alpha value is -6.91. The van der Waals surface area contributed by atoms with Crippen molar-refractivity contribution in [2.75, 3.05) is 0 Å². The summed E-state index contributed by atoms with van der Waals surface area (Å²) in [7, 11) is 0. The quantitative estimate of drug-likeness (QED) is 0.191. The van der Waals surface area contributed by atoms with Gasteiger partial charge in [-0.25, -0.2) is 15.0 Å². The Morgan fingerprint density at radius 1 is 0.333 bits per heavy atom. The predicted octanol–water partition coefficient (Wildman–Crippen LogP) is 12.0. The first kappa shape index (κ1) is 28.0. The molecule has 51 heavy (non-hydrogen) atoms. The second-order valence-electron chi connectivity index (χ2n) is 13.2. The Balaban J connectivity index is 1.30. The van der Waals surface area contributed by atoms with E-state index in [1.807, 2.05) is 18.2 Å². The zero-order valence-corrected chi connectivity index (χ0v) is 27.5. The highest BCUT2D eigenvalue weighted by molar-refractivity contribution is 6.28. The second kappa shape index (κ2) is 10.8. The molecular formula is C47H28N4. The Bertz CT molecular complexity index is 3130. The van der Waals surface area contributed by atoms with Crippen LogP contribution in [0.5, 0.6) is 0 Å². The molecule has 0 spiro atoms. The third-order valence-corrected chi connectivity index (χ3v) is 10.4. The second-order valence-corrected chi connectivity index (χ2v) is 13.2. The van der Waals surface area contributed by atoms with Crippen LogP contribution >= 0.6 is 0 Å². The van der Waals surface area contributed by atoms with Crippen molar-refractivity contribution < 1.29 is 0 Å². The summed E-state index contributed by atoms with van der Waals surface area (Å²) in [5.74, 6) is 1.94. The van der Waals surface area contributed by atoms with E-state index in [9.17, 15) is 0 Å². The van der Waals surface area contributed by atoms with Crippen LogP contribution in [-0.2, 0) is 0 Å². The molecule has 8 aromatic carbocycles. The summed E-state index contributed by atoms with van der Waals surface area (Å²) in [4.78, 5) is 15.8. The van der Waals surface area contributed by atoms with E-state index in [0.717, 1.165) is 38.6 Å². The van der Waals surface area contributed by atoms with Gasteiger partial charge in [0, 0.05) is 43.8 Å². The number of hydrogen-bond acceptors (Lipinski definition) is 3. The SMILES string of the molecule is c1ccc(-c2nc(-c3ccc4c(c3-c3cccc5ccccc35)c3cccc5c6ccccc6n4c53)nc(-c3cccc4ccccc34)n2)cc1. The van der Waals surface area contributed by atoms with E-state index < -0.39 is 0 Å². The van der Waals surface area contributed by atoms with Crippen LogP contribution in [0.1, 0.15) is 0 Å². The minimum atomic E-state index is 0.645. The van der Waals surface area contributed by atoms with Gasteiger partial charge in [0.15, 0.2) is 17.5 Å². The summed E-state index contributed by atoms with van der Waals surface area (Å²) in [6.45, 7) is 0. The van der Waals surface area contributed by atoms with Crippen molar-refractivity contribution in [3.63, 3.8) is 0 Å². The lowest BCUT2D eigenvalue weighted by Crippen LogP contribution is -2.02. The molecule has 0 unspecified atom stereocenters. The van der Waals surface area contributed by atoms with E-state index in [2.05, 4.69) is 156 Å². The number of fused-ring (bicyclic) bond motifs is 8. The van der Waals surface area contributed by atoms with E-state index in [-0.39, 0.29) is 0 Å². The molecule has 11 aromatic rings. The molecular weight excluding hydrogens is 621 g/mol. The van der Waals surface area contributed by atoms with Crippen LogP contribution < -0.4 is 0 Å². The minimum Gasteiger partial charge on any atom is -0.308 e. The van der Waals surface area contributed by atoms with Gasteiger partial charge in [-0.2, -0.15) is 0 Å². The van der Waals surface area contributed by atoms with Gasteiger partial charge in [-0.1, -0.05) is 152 Å². The van der Waals surface area contributed by atoms with Crippen LogP contribution in [0, 0.1) is 0 Å². The molecule has 0 radical (unpaired) electrons. The first-order valence-corrected chi connectivity index (χ1v) is 17.3. The Morgan fingerprint density at radius 2 is 0.882 bits per heavy atom. The van der Waals surface area contributed by atoms with E-state index in [4.69, 9.17) is 15.0 Å². The Kier molecular flexibility index (Phi) is 5.92. The maximum absolute atomic E-state index is 5.35. The molecule has 0 atom stereocenters. The van der Waals surface area contributed by atoms with Crippen molar-refractivity contribution in [2.45, 2.75) is 0 Å². The van der Waals surface area contributed by atoms with Crippen molar-refractivity contribution in [1.29, 1.82) is 0 Å². The molecule has 0 fully saturated rings. The molecule has 4 nitrogen and oxygen atoms in total. The van der Waals surface area contributed by atoms with Crippen LogP contribution in [0.25, 0.3) is 105 Å². The highest BCUT2D eigenvalue weighted by Crippen LogP contribution is 2.47. The number of aromatic nitrogens is 4. The molecule has 236 valence electrons. The van der Waals surface area contributed by atoms with Gasteiger partial charge < -0.3 is 4.40 Å². The number of rotatable bonds is 4. The third kappa shape index (κ3) is 4.11. The molecule has 0 aliphatic rings. The van der Waals surface area contributed by atoms with Crippen LogP contribution in [0.2, 0.25) is 0 Å². The van der Waals surface area contributed by atoms with Crippen molar-refractivity contribution in [2.24, 2.45) is 0 Å². The van der Waals surface area contributed by atoms with Crippen molar-refractivity contribution in [1.82, 2.24) is 19.4 Å². The fraction of sp³-hybridized carbons (Fsp3) is 0. The first-order valence-electron chi connectivity index (χ1n) is 17.3. The van der Waals surface area contributed by atoms with Crippen LogP contribution in [0.3, 0.4) is 0 Å². The normalized spacial score (nSPS) is 11.9. The minimum absolute atomic E-state index is 0.645. The predicted molar refractivity (Wildman–Crippen MR) is 211 cm³/mol. The lowest BCUT2D eigenvalue weighted by atomic mass is 9.90. The maximum Gasteiger partial charge on any atom is 0.164 e. The fourth-order valence-electron chi connectivity index (χ4n) is 8.18. The Labute approximate surface area is 293 Å². The zero-order chi connectivity index (χ0) is 33.5. The van der Waals surface area contributed by atoms with Gasteiger partial charge in [-0.3, -0.25) is 0 Å². The number of para-hydroxylation sites is 2. The molecule has 3 aromatic heterocycles. The smallest absolute Gasteiger partial charge is 0.164 e. The standard InChI is InChI=1S/C47H28N4/c1-2-15-31(16-3-1)45-48-46(37-24-11-18-30-14-5-7-20-33(30)37)50-47(49-45)39-27-28-41-43(42(39)35-22-10-17-29-13-4-6-19-32(29)35)38-25-12-23-36-34-21-8-9-26-40(34)51(41)44(36)38/h1-28H. The molecule has 0 saturated carbocycles. The van der Waals surface area contributed by atoms with Crippen LogP contribution in [-0.4, -0.2) is 19.4 Å². The average Bonchev–Trinajstić information content (AvgIpc) is 3.73. The number of hydrogen-bond donors (Lipinski definition) is 0. The molecule has 11 rings (SSSR count). The van der Waals surface area contributed by atoms with Crippen molar-refractivity contribution in [3.05, 3.63) is 170 Å². The molecule has 0 aliphatic heterocycles. The van der Waals surface area contributed by atoms with Crippen LogP contribution in [0.15, 0.2) is 170 Å². The lowest BCUT2D eigenvalue weighted by molar-refractivity contribution is 1.08. The summed E-state index contributed by atoms with van der Waals surface area (Å²) in [6.07, 6.45) is 0. The monoisotopic (exact) mass is 648 g/mol. The van der Waals surface area contributed by atoms with Crippen molar-refractivity contribution in [3.8, 4) is 45.3 Å². The van der Waals surface area contributed by atoms with Gasteiger partial charge in [0.25, 0.3) is 0 Å². The summed E-state index contributed by atoms with van der Waals surface area (Å²) in [6, 6.07) is 60.2. The highest BCUT2D eigenvalue weighted by atomic mass is 15.0. The average molecular weight is 649 g/mol. The first-order chi connectivity index (χ1) is 25.3. The summed E-state index contributed by atoms with van der Waals surface area (Å²) < 4.78 is 2.44. The summed E-state index contributed by atoms with van der Waals surface area (Å²) >= 11 is 0. The van der Waals surface area contributed by atoms with Gasteiger partial charge in [-0.05, 0) is 45.3 Å². The summed E-state index contributed by atoms with van der Waals surface area (Å²) in [5.41, 5.74) is 8.79. The third-order valence-electron chi connectivity index (χ3n) is 10.4. The van der Waals surface area contributed by atoms with E-state index in [1.54, 1.807) is 0 Å². The summed E-state index contributed by atoms with van der Waals surface area (Å²) in [5, 5.41) is 9.58. The molecule has 0 aliphatic carbocycles. The molecule has 3 heterocycles. The fourth-order valence-corrected chi connectivity index (χ4v) is 8.18. The van der Waals surface area contributed by atoms with E-state index in [1.165, 1.54) is 48.9 Å².